The molecule has 2 aromatic carbocycles. The average molecular weight is 567 g/mol. The standard InChI is InChI=1S/C25H26BrF3N4O3/c1-32-23(21(26)16-30-32)20-15-19(31-24(34)17-3-5-18(6-4-17)25(27,28)29)7-8-22(20)36-14-11-33-9-2-12-35-13-10-33/h3-8,15-16H,2,9-14H2,1H3,(H,31,34). The number of amides is 1. The Bertz CT molecular complexity index is 1170. The Morgan fingerprint density at radius 1 is 1.17 bits per heavy atom. The molecule has 36 heavy (non-hydrogen) atoms. The molecular weight excluding hydrogens is 541 g/mol. The third-order valence-corrected chi connectivity index (χ3v) is 6.42. The lowest BCUT2D eigenvalue weighted by Gasteiger charge is -2.20. The number of nitrogens with one attached hydrogen (secondary N) is 1. The van der Waals surface area contributed by atoms with Gasteiger partial charge in [0.1, 0.15) is 12.4 Å². The van der Waals surface area contributed by atoms with Crippen molar-refractivity contribution < 1.29 is 27.4 Å². The summed E-state index contributed by atoms with van der Waals surface area (Å²) in [6.45, 7) is 4.52. The van der Waals surface area contributed by atoms with Gasteiger partial charge in [-0.1, -0.05) is 0 Å². The maximum Gasteiger partial charge on any atom is 0.416 e. The Hall–Kier alpha value is -2.89. The second-order valence-electron chi connectivity index (χ2n) is 8.36. The highest BCUT2D eigenvalue weighted by Gasteiger charge is 2.30. The van der Waals surface area contributed by atoms with Crippen molar-refractivity contribution >= 4 is 27.5 Å². The number of carbonyl (C=O) groups is 1. The highest BCUT2D eigenvalue weighted by atomic mass is 79.9. The Morgan fingerprint density at radius 3 is 2.64 bits per heavy atom. The molecule has 0 saturated carbocycles. The minimum atomic E-state index is -4.46. The molecule has 3 aromatic rings. The van der Waals surface area contributed by atoms with Crippen LogP contribution in [-0.4, -0.2) is 60.0 Å². The zero-order valence-corrected chi connectivity index (χ0v) is 21.2. The number of alkyl halides is 3. The van der Waals surface area contributed by atoms with Gasteiger partial charge in [-0.25, -0.2) is 0 Å². The summed E-state index contributed by atoms with van der Waals surface area (Å²) in [5.74, 6) is 0.105. The Morgan fingerprint density at radius 2 is 1.94 bits per heavy atom. The topological polar surface area (TPSA) is 68.6 Å². The van der Waals surface area contributed by atoms with Crippen LogP contribution >= 0.6 is 15.9 Å². The molecule has 0 aliphatic carbocycles. The van der Waals surface area contributed by atoms with Crippen molar-refractivity contribution in [1.29, 1.82) is 0 Å². The number of aromatic nitrogens is 2. The molecule has 0 bridgehead atoms. The molecule has 4 rings (SSSR count). The van der Waals surface area contributed by atoms with E-state index in [1.54, 1.807) is 36.1 Å². The van der Waals surface area contributed by atoms with Crippen LogP contribution in [0.3, 0.4) is 0 Å². The average Bonchev–Trinajstić information content (AvgIpc) is 3.01. The highest BCUT2D eigenvalue weighted by molar-refractivity contribution is 9.10. The predicted molar refractivity (Wildman–Crippen MR) is 133 cm³/mol. The van der Waals surface area contributed by atoms with E-state index in [-0.39, 0.29) is 5.56 Å². The van der Waals surface area contributed by atoms with Gasteiger partial charge >= 0.3 is 6.18 Å². The molecule has 192 valence electrons. The summed E-state index contributed by atoms with van der Waals surface area (Å²) in [7, 11) is 1.80. The molecule has 0 atom stereocenters. The number of nitrogens with zero attached hydrogens (tertiary/aromatic N) is 3. The van der Waals surface area contributed by atoms with Gasteiger partial charge in [-0.2, -0.15) is 18.3 Å². The summed E-state index contributed by atoms with van der Waals surface area (Å²) < 4.78 is 52.6. The number of ether oxygens (including phenoxy) is 2. The van der Waals surface area contributed by atoms with Gasteiger partial charge in [-0.3, -0.25) is 14.4 Å². The first-order chi connectivity index (χ1) is 17.2. The molecule has 2 heterocycles. The van der Waals surface area contributed by atoms with Crippen LogP contribution in [0.15, 0.2) is 53.1 Å². The lowest BCUT2D eigenvalue weighted by Crippen LogP contribution is -2.30. The predicted octanol–water partition coefficient (Wildman–Crippen LogP) is 5.22. The number of benzene rings is 2. The molecule has 1 fully saturated rings. The van der Waals surface area contributed by atoms with E-state index in [4.69, 9.17) is 9.47 Å². The van der Waals surface area contributed by atoms with Gasteiger partial charge in [0.15, 0.2) is 0 Å². The summed E-state index contributed by atoms with van der Waals surface area (Å²) in [5, 5.41) is 7.03. The minimum Gasteiger partial charge on any atom is -0.492 e. The highest BCUT2D eigenvalue weighted by Crippen LogP contribution is 2.37. The Kier molecular flexibility index (Phi) is 8.32. The van der Waals surface area contributed by atoms with Crippen LogP contribution in [0.4, 0.5) is 18.9 Å². The molecule has 1 amide bonds. The lowest BCUT2D eigenvalue weighted by atomic mass is 10.1. The molecule has 0 unspecified atom stereocenters. The van der Waals surface area contributed by atoms with E-state index >= 15 is 0 Å². The van der Waals surface area contributed by atoms with Gasteiger partial charge in [-0.15, -0.1) is 0 Å². The molecule has 0 spiro atoms. The first-order valence-electron chi connectivity index (χ1n) is 11.5. The quantitative estimate of drug-likeness (QED) is 0.424. The van der Waals surface area contributed by atoms with Gasteiger partial charge in [0, 0.05) is 50.1 Å². The number of carbonyl (C=O) groups excluding carboxylic acids is 1. The van der Waals surface area contributed by atoms with Crippen molar-refractivity contribution in [1.82, 2.24) is 14.7 Å². The van der Waals surface area contributed by atoms with E-state index in [9.17, 15) is 18.0 Å². The fourth-order valence-electron chi connectivity index (χ4n) is 3.95. The van der Waals surface area contributed by atoms with E-state index in [1.165, 1.54) is 0 Å². The minimum absolute atomic E-state index is 0.119. The van der Waals surface area contributed by atoms with Gasteiger partial charge < -0.3 is 14.8 Å². The fraction of sp³-hybridized carbons (Fsp3) is 0.360. The van der Waals surface area contributed by atoms with Crippen molar-refractivity contribution in [2.24, 2.45) is 7.05 Å². The van der Waals surface area contributed by atoms with Crippen molar-refractivity contribution in [3.05, 3.63) is 64.3 Å². The summed E-state index contributed by atoms with van der Waals surface area (Å²) in [6.07, 6.45) is -1.80. The molecule has 11 heteroatoms. The molecule has 1 aliphatic rings. The zero-order valence-electron chi connectivity index (χ0n) is 19.6. The molecule has 0 radical (unpaired) electrons. The fourth-order valence-corrected chi connectivity index (χ4v) is 4.51. The number of halogens is 4. The smallest absolute Gasteiger partial charge is 0.416 e. The maximum atomic E-state index is 12.8. The summed E-state index contributed by atoms with van der Waals surface area (Å²) in [4.78, 5) is 15.0. The molecule has 1 N–H and O–H groups in total. The van der Waals surface area contributed by atoms with Gasteiger partial charge in [0.05, 0.1) is 28.5 Å². The van der Waals surface area contributed by atoms with Crippen LogP contribution in [0.1, 0.15) is 22.3 Å². The number of rotatable bonds is 7. The monoisotopic (exact) mass is 566 g/mol. The van der Waals surface area contributed by atoms with Crippen molar-refractivity contribution in [2.45, 2.75) is 12.6 Å². The third-order valence-electron chi connectivity index (χ3n) is 5.84. The maximum absolute atomic E-state index is 12.8. The number of aryl methyl sites for hydroxylation is 1. The van der Waals surface area contributed by atoms with Crippen LogP contribution in [0.25, 0.3) is 11.3 Å². The Balaban J connectivity index is 1.52. The van der Waals surface area contributed by atoms with Crippen LogP contribution in [0.2, 0.25) is 0 Å². The number of anilines is 1. The third kappa shape index (κ3) is 6.45. The molecule has 1 aliphatic heterocycles. The van der Waals surface area contributed by atoms with Crippen LogP contribution in [0, 0.1) is 0 Å². The van der Waals surface area contributed by atoms with Gasteiger partial charge in [0.25, 0.3) is 5.91 Å². The van der Waals surface area contributed by atoms with Crippen LogP contribution in [-0.2, 0) is 18.0 Å². The Labute approximate surface area is 215 Å². The summed E-state index contributed by atoms with van der Waals surface area (Å²) in [6, 6.07) is 9.32. The van der Waals surface area contributed by atoms with Gasteiger partial charge in [-0.05, 0) is 64.8 Å². The second-order valence-corrected chi connectivity index (χ2v) is 9.22. The largest absolute Gasteiger partial charge is 0.492 e. The summed E-state index contributed by atoms with van der Waals surface area (Å²) >= 11 is 3.52. The van der Waals surface area contributed by atoms with E-state index < -0.39 is 17.6 Å². The van der Waals surface area contributed by atoms with Crippen LogP contribution in [0.5, 0.6) is 5.75 Å². The van der Waals surface area contributed by atoms with Gasteiger partial charge in [0.2, 0.25) is 0 Å². The normalized spacial score (nSPS) is 14.9. The SMILES string of the molecule is Cn1ncc(Br)c1-c1cc(NC(=O)c2ccc(C(F)(F)F)cc2)ccc1OCCN1CCCOCC1. The van der Waals surface area contributed by atoms with Crippen molar-refractivity contribution in [3.8, 4) is 17.0 Å². The van der Waals surface area contributed by atoms with E-state index in [1.807, 2.05) is 0 Å². The lowest BCUT2D eigenvalue weighted by molar-refractivity contribution is -0.137. The second kappa shape index (κ2) is 11.4. The number of hydrogen-bond donors (Lipinski definition) is 1. The molecular formula is C25H26BrF3N4O3. The molecule has 1 aromatic heterocycles. The first-order valence-corrected chi connectivity index (χ1v) is 12.2. The van der Waals surface area contributed by atoms with E-state index in [2.05, 4.69) is 31.2 Å². The first kappa shape index (κ1) is 26.2. The van der Waals surface area contributed by atoms with Crippen molar-refractivity contribution in [3.63, 3.8) is 0 Å². The van der Waals surface area contributed by atoms with E-state index in [0.717, 1.165) is 67.1 Å². The summed E-state index contributed by atoms with van der Waals surface area (Å²) in [5.41, 5.74) is 1.26. The van der Waals surface area contributed by atoms with E-state index in [0.29, 0.717) is 30.2 Å². The van der Waals surface area contributed by atoms with Crippen molar-refractivity contribution in [2.75, 3.05) is 44.8 Å². The molecule has 7 nitrogen and oxygen atoms in total. The molecule has 1 saturated heterocycles. The zero-order chi connectivity index (χ0) is 25.7. The van der Waals surface area contributed by atoms with Crippen LogP contribution < -0.4 is 10.1 Å². The number of hydrogen-bond acceptors (Lipinski definition) is 5.